The molecule has 4 atom stereocenters. The second-order valence-corrected chi connectivity index (χ2v) is 4.59. The van der Waals surface area contributed by atoms with Gasteiger partial charge in [-0.1, -0.05) is 11.6 Å². The third kappa shape index (κ3) is 2.96. The van der Waals surface area contributed by atoms with Crippen LogP contribution in [0.2, 0.25) is 0 Å². The summed E-state index contributed by atoms with van der Waals surface area (Å²) < 4.78 is 22.3. The highest BCUT2D eigenvalue weighted by Gasteiger charge is 2.43. The van der Waals surface area contributed by atoms with Crippen LogP contribution in [0.1, 0.15) is 19.8 Å². The van der Waals surface area contributed by atoms with Gasteiger partial charge in [0.05, 0.1) is 12.2 Å². The van der Waals surface area contributed by atoms with Gasteiger partial charge in [-0.3, -0.25) is 0 Å². The van der Waals surface area contributed by atoms with Gasteiger partial charge in [0.2, 0.25) is 0 Å². The topological polar surface area (TPSA) is 36.9 Å². The highest BCUT2D eigenvalue weighted by molar-refractivity contribution is 4.98. The van der Waals surface area contributed by atoms with Crippen LogP contribution in [0, 0.1) is 0 Å². The monoisotopic (exact) mass is 240 g/mol. The molecule has 0 aromatic heterocycles. The second-order valence-electron chi connectivity index (χ2n) is 4.59. The summed E-state index contributed by atoms with van der Waals surface area (Å²) >= 11 is 0. The van der Waals surface area contributed by atoms with Crippen LogP contribution in [0.4, 0.5) is 0 Å². The normalized spacial score (nSPS) is 37.2. The lowest BCUT2D eigenvalue weighted by molar-refractivity contribution is -0.0311. The van der Waals surface area contributed by atoms with Gasteiger partial charge in [0.1, 0.15) is 25.8 Å². The number of ether oxygens (including phenoxy) is 4. The first-order valence-corrected chi connectivity index (χ1v) is 5.94. The first kappa shape index (κ1) is 12.8. The molecule has 2 aliphatic heterocycles. The summed E-state index contributed by atoms with van der Waals surface area (Å²) in [5.74, 6) is 0. The van der Waals surface area contributed by atoms with Gasteiger partial charge in [-0.05, 0) is 19.8 Å². The maximum Gasteiger partial charge on any atom is 0.147 e. The average molecular weight is 240 g/mol. The molecule has 0 unspecified atom stereocenters. The van der Waals surface area contributed by atoms with Crippen molar-refractivity contribution in [2.75, 3.05) is 13.6 Å². The van der Waals surface area contributed by atoms with E-state index in [4.69, 9.17) is 18.9 Å². The van der Waals surface area contributed by atoms with Crippen molar-refractivity contribution in [3.05, 3.63) is 24.8 Å². The Labute approximate surface area is 102 Å². The molecule has 0 aromatic carbocycles. The average Bonchev–Trinajstić information content (AvgIpc) is 2.86. The second kappa shape index (κ2) is 5.78. The Morgan fingerprint density at radius 1 is 1.12 bits per heavy atom. The number of rotatable bonds is 5. The maximum absolute atomic E-state index is 5.62. The minimum Gasteiger partial charge on any atom is -0.349 e. The fraction of sp³-hybridized carbons (Fsp3) is 0.692. The van der Waals surface area contributed by atoms with E-state index in [-0.39, 0.29) is 24.4 Å². The van der Waals surface area contributed by atoms with Crippen molar-refractivity contribution < 1.29 is 18.9 Å². The van der Waals surface area contributed by atoms with E-state index in [1.165, 1.54) is 0 Å². The summed E-state index contributed by atoms with van der Waals surface area (Å²) in [6.45, 7) is 10.3. The van der Waals surface area contributed by atoms with Crippen LogP contribution in [-0.4, -0.2) is 38.0 Å². The predicted molar refractivity (Wildman–Crippen MR) is 63.5 cm³/mol. The molecule has 2 fully saturated rings. The van der Waals surface area contributed by atoms with Crippen LogP contribution in [0.3, 0.4) is 0 Å². The third-order valence-corrected chi connectivity index (χ3v) is 3.09. The van der Waals surface area contributed by atoms with Crippen LogP contribution in [-0.2, 0) is 18.9 Å². The van der Waals surface area contributed by atoms with E-state index in [2.05, 4.69) is 13.2 Å². The van der Waals surface area contributed by atoms with Gasteiger partial charge in [0.25, 0.3) is 0 Å². The smallest absolute Gasteiger partial charge is 0.147 e. The molecule has 4 nitrogen and oxygen atoms in total. The van der Waals surface area contributed by atoms with Gasteiger partial charge in [-0.25, -0.2) is 0 Å². The Hall–Kier alpha value is -0.680. The Balaban J connectivity index is 1.99. The Kier molecular flexibility index (Phi) is 4.34. The molecular weight excluding hydrogens is 220 g/mol. The number of hydrogen-bond donors (Lipinski definition) is 0. The van der Waals surface area contributed by atoms with Crippen molar-refractivity contribution in [1.82, 2.24) is 0 Å². The number of hydrogen-bond acceptors (Lipinski definition) is 4. The molecule has 96 valence electrons. The standard InChI is InChI=1S/C13H20O4/c1-4-5-10-12(16-7-14-10)13-11(6-9(2)3)15-8-17-13/h4,10-13H,1-2,5-8H2,3H3/t10-,11+,12+,13-/m1/s1. The van der Waals surface area contributed by atoms with E-state index in [1.807, 2.05) is 13.0 Å². The fourth-order valence-corrected chi connectivity index (χ4v) is 2.31. The van der Waals surface area contributed by atoms with Crippen molar-refractivity contribution in [2.24, 2.45) is 0 Å². The highest BCUT2D eigenvalue weighted by atomic mass is 16.8. The molecule has 0 aromatic rings. The molecule has 2 rings (SSSR count). The molecule has 0 aliphatic carbocycles. The van der Waals surface area contributed by atoms with E-state index in [9.17, 15) is 0 Å². The zero-order chi connectivity index (χ0) is 12.3. The lowest BCUT2D eigenvalue weighted by atomic mass is 9.97. The first-order valence-electron chi connectivity index (χ1n) is 5.94. The molecule has 0 saturated carbocycles. The molecule has 4 heteroatoms. The zero-order valence-corrected chi connectivity index (χ0v) is 10.3. The summed E-state index contributed by atoms with van der Waals surface area (Å²) in [4.78, 5) is 0. The lowest BCUT2D eigenvalue weighted by Crippen LogP contribution is -2.41. The van der Waals surface area contributed by atoms with Crippen LogP contribution in [0.5, 0.6) is 0 Å². The molecule has 2 aliphatic rings. The van der Waals surface area contributed by atoms with Crippen LogP contribution in [0.25, 0.3) is 0 Å². The van der Waals surface area contributed by atoms with Gasteiger partial charge >= 0.3 is 0 Å². The van der Waals surface area contributed by atoms with Crippen molar-refractivity contribution in [2.45, 2.75) is 44.2 Å². The largest absolute Gasteiger partial charge is 0.349 e. The van der Waals surface area contributed by atoms with Crippen LogP contribution < -0.4 is 0 Å². The molecule has 0 radical (unpaired) electrons. The van der Waals surface area contributed by atoms with Crippen molar-refractivity contribution >= 4 is 0 Å². The first-order chi connectivity index (χ1) is 8.22. The van der Waals surface area contributed by atoms with Gasteiger partial charge in [0.15, 0.2) is 0 Å². The lowest BCUT2D eigenvalue weighted by Gasteiger charge is -2.25. The minimum atomic E-state index is -0.0702. The van der Waals surface area contributed by atoms with Crippen molar-refractivity contribution in [1.29, 1.82) is 0 Å². The summed E-state index contributed by atoms with van der Waals surface area (Å²) in [6.07, 6.45) is 3.31. The van der Waals surface area contributed by atoms with Gasteiger partial charge in [-0.2, -0.15) is 0 Å². The van der Waals surface area contributed by atoms with Crippen molar-refractivity contribution in [3.63, 3.8) is 0 Å². The summed E-state index contributed by atoms with van der Waals surface area (Å²) in [6, 6.07) is 0. The van der Waals surface area contributed by atoms with Crippen LogP contribution in [0.15, 0.2) is 24.8 Å². The molecule has 2 saturated heterocycles. The third-order valence-electron chi connectivity index (χ3n) is 3.09. The molecule has 2 heterocycles. The molecule has 0 amide bonds. The van der Waals surface area contributed by atoms with E-state index >= 15 is 0 Å². The van der Waals surface area contributed by atoms with E-state index in [0.717, 1.165) is 18.4 Å². The fourth-order valence-electron chi connectivity index (χ4n) is 2.31. The Morgan fingerprint density at radius 2 is 1.71 bits per heavy atom. The summed E-state index contributed by atoms with van der Waals surface area (Å²) in [5.41, 5.74) is 1.09. The molecule has 0 N–H and O–H groups in total. The molecular formula is C13H20O4. The van der Waals surface area contributed by atoms with E-state index < -0.39 is 0 Å². The zero-order valence-electron chi connectivity index (χ0n) is 10.3. The molecule has 0 spiro atoms. The van der Waals surface area contributed by atoms with E-state index in [1.54, 1.807) is 0 Å². The highest BCUT2D eigenvalue weighted by Crippen LogP contribution is 2.29. The minimum absolute atomic E-state index is 0.0199. The Morgan fingerprint density at radius 3 is 2.29 bits per heavy atom. The summed E-state index contributed by atoms with van der Waals surface area (Å²) in [5, 5.41) is 0. The van der Waals surface area contributed by atoms with Gasteiger partial charge < -0.3 is 18.9 Å². The van der Waals surface area contributed by atoms with Gasteiger partial charge in [0, 0.05) is 0 Å². The Bertz CT molecular complexity index is 289. The quantitative estimate of drug-likeness (QED) is 0.689. The molecule has 0 bridgehead atoms. The maximum atomic E-state index is 5.62. The van der Waals surface area contributed by atoms with Crippen molar-refractivity contribution in [3.8, 4) is 0 Å². The van der Waals surface area contributed by atoms with Crippen LogP contribution >= 0.6 is 0 Å². The molecule has 17 heavy (non-hydrogen) atoms. The SMILES string of the molecule is C=CC[C@H]1OCO[C@@H]1[C@@H]1OCO[C@H]1CC(=C)C. The predicted octanol–water partition coefficient (Wildman–Crippen LogP) is 2.01. The summed E-state index contributed by atoms with van der Waals surface area (Å²) in [7, 11) is 0. The van der Waals surface area contributed by atoms with E-state index in [0.29, 0.717) is 13.6 Å². The van der Waals surface area contributed by atoms with Gasteiger partial charge in [-0.15, -0.1) is 13.2 Å².